The highest BCUT2D eigenvalue weighted by Crippen LogP contribution is 2.16. The van der Waals surface area contributed by atoms with E-state index in [0.29, 0.717) is 29.7 Å². The number of nitrogens with two attached hydrogens (primary N) is 1. The summed E-state index contributed by atoms with van der Waals surface area (Å²) in [4.78, 5) is 135. The van der Waals surface area contributed by atoms with E-state index >= 15 is 0 Å². The molecule has 0 saturated carbocycles. The molecule has 0 aliphatic heterocycles. The maximum Gasteiger partial charge on any atom is 0.326 e. The van der Waals surface area contributed by atoms with Crippen molar-refractivity contribution >= 4 is 83.6 Å². The number of carbonyl (C=O) groups excluding carboxylic acids is 8. The van der Waals surface area contributed by atoms with Gasteiger partial charge in [-0.15, -0.1) is 0 Å². The Morgan fingerprint density at radius 3 is 1.42 bits per heavy atom. The van der Waals surface area contributed by atoms with Crippen LogP contribution < -0.4 is 48.3 Å². The zero-order valence-electron chi connectivity index (χ0n) is 45.4. The number of aromatic hydroxyl groups is 1. The molecule has 0 aliphatic carbocycles. The largest absolute Gasteiger partial charge is 0.508 e. The first-order valence-corrected chi connectivity index (χ1v) is 27.8. The van der Waals surface area contributed by atoms with E-state index in [-0.39, 0.29) is 49.0 Å². The third-order valence-electron chi connectivity index (χ3n) is 12.4. The van der Waals surface area contributed by atoms with Crippen LogP contribution in [0.15, 0.2) is 54.6 Å². The highest BCUT2D eigenvalue weighted by molar-refractivity contribution is 7.98. The van der Waals surface area contributed by atoms with Gasteiger partial charge in [0.2, 0.25) is 47.3 Å². The van der Waals surface area contributed by atoms with Gasteiger partial charge in [-0.2, -0.15) is 24.4 Å². The molecule has 0 bridgehead atoms. The number of carboxylic acid groups (broad SMARTS) is 2. The summed E-state index contributed by atoms with van der Waals surface area (Å²) >= 11 is 5.79. The number of hydrogen-bond donors (Lipinski definition) is 13. The van der Waals surface area contributed by atoms with E-state index in [1.165, 1.54) is 36.0 Å². The molecule has 428 valence electrons. The van der Waals surface area contributed by atoms with E-state index in [1.54, 1.807) is 71.9 Å². The average Bonchev–Trinajstić information content (AvgIpc) is 3.36. The first kappa shape index (κ1) is 66.7. The molecule has 10 atom stereocenters. The molecule has 2 aromatic carbocycles. The second-order valence-electron chi connectivity index (χ2n) is 20.3. The summed E-state index contributed by atoms with van der Waals surface area (Å²) in [6, 6.07) is 2.13. The molecule has 0 radical (unpaired) electrons. The predicted molar refractivity (Wildman–Crippen MR) is 295 cm³/mol. The fourth-order valence-corrected chi connectivity index (χ4v) is 8.60. The van der Waals surface area contributed by atoms with Crippen molar-refractivity contribution in [3.8, 4) is 5.75 Å². The van der Waals surface area contributed by atoms with Gasteiger partial charge in [-0.3, -0.25) is 43.2 Å². The summed E-state index contributed by atoms with van der Waals surface area (Å²) in [5.74, 6) is -10.6. The number of rotatable bonds is 34. The Labute approximate surface area is 460 Å². The molecule has 2 rings (SSSR count). The van der Waals surface area contributed by atoms with Gasteiger partial charge >= 0.3 is 11.9 Å². The highest BCUT2D eigenvalue weighted by atomic mass is 32.2. The van der Waals surface area contributed by atoms with E-state index in [2.05, 4.69) is 55.2 Å². The number of carboxylic acids is 2. The smallest absolute Gasteiger partial charge is 0.326 e. The molecule has 0 saturated heterocycles. The minimum Gasteiger partial charge on any atom is -0.508 e. The van der Waals surface area contributed by atoms with Gasteiger partial charge < -0.3 is 63.6 Å². The molecule has 2 aromatic rings. The van der Waals surface area contributed by atoms with Crippen molar-refractivity contribution in [2.45, 2.75) is 155 Å². The maximum atomic E-state index is 14.4. The van der Waals surface area contributed by atoms with Crippen LogP contribution in [-0.2, 0) is 60.8 Å². The van der Waals surface area contributed by atoms with Crippen molar-refractivity contribution in [2.24, 2.45) is 29.4 Å². The number of phenolic OH excluding ortho intramolecular Hbond substituents is 1. The number of hydrogen-bond acceptors (Lipinski definition) is 14. The van der Waals surface area contributed by atoms with E-state index in [4.69, 9.17) is 5.73 Å². The number of aliphatic carboxylic acids is 2. The summed E-state index contributed by atoms with van der Waals surface area (Å²) in [5.41, 5.74) is 7.05. The Kier molecular flexibility index (Phi) is 29.2. The lowest BCUT2D eigenvalue weighted by Crippen LogP contribution is -2.61. The topological polar surface area (TPSA) is 354 Å². The van der Waals surface area contributed by atoms with E-state index in [9.17, 15) is 63.3 Å². The van der Waals surface area contributed by atoms with Crippen molar-refractivity contribution in [3.63, 3.8) is 0 Å². The normalized spacial score (nSPS) is 15.2. The second-order valence-corrected chi connectivity index (χ2v) is 21.6. The van der Waals surface area contributed by atoms with Crippen LogP contribution >= 0.6 is 24.4 Å². The van der Waals surface area contributed by atoms with Gasteiger partial charge in [-0.25, -0.2) is 4.79 Å². The molecule has 77 heavy (non-hydrogen) atoms. The number of nitrogens with one attached hydrogen (secondary N) is 8. The van der Waals surface area contributed by atoms with Gasteiger partial charge in [-0.1, -0.05) is 104 Å². The highest BCUT2D eigenvalue weighted by Gasteiger charge is 2.37. The molecule has 0 spiro atoms. The van der Waals surface area contributed by atoms with Gasteiger partial charge in [0.15, 0.2) is 0 Å². The second kappa shape index (κ2) is 33.7. The number of amides is 8. The van der Waals surface area contributed by atoms with Crippen molar-refractivity contribution < 1.29 is 63.3 Å². The van der Waals surface area contributed by atoms with Gasteiger partial charge in [0.1, 0.15) is 54.1 Å². The Morgan fingerprint density at radius 1 is 0.545 bits per heavy atom. The Bertz CT molecular complexity index is 2290. The third-order valence-corrected chi connectivity index (χ3v) is 13.4. The van der Waals surface area contributed by atoms with E-state index in [0.717, 1.165) is 0 Å². The minimum absolute atomic E-state index is 0.0342. The Hall–Kier alpha value is -6.40. The van der Waals surface area contributed by atoms with Crippen LogP contribution in [0.1, 0.15) is 98.6 Å². The molecule has 0 unspecified atom stereocenters. The van der Waals surface area contributed by atoms with Crippen molar-refractivity contribution in [1.29, 1.82) is 0 Å². The summed E-state index contributed by atoms with van der Waals surface area (Å²) < 4.78 is 0. The quantitative estimate of drug-likeness (QED) is 0.0441. The standard InChI is InChI=1S/C53H81N9O13S2/c1-10-31(8)44(53(74)75)62-50(71)39(24-32-14-12-11-13-15-32)57-48(69)38(25-33-16-18-34(63)19-17-33)56-49(70)40(26-42(64)65)58-46(67)37(23-29(4)5)59-52(73)43(30(6)7)61-51(72)41(27-76)60-47(68)36(22-28(2)3)55-45(66)35(54)20-21-77-9/h11-19,28-31,35-41,43-44,63,76H,10,20-27,54H2,1-9H3,(H,55,66)(H,56,70)(H,57,69)(H,58,67)(H,59,73)(H,60,68)(H,61,72)(H,62,71)(H,64,65)(H,74,75)/t31-,35-,36-,37-,38-,39-,40-,41-,43-,44-/m0/s1. The molecule has 0 aliphatic rings. The number of phenols is 1. The SMILES string of the molecule is CC[C@H](C)[C@H](NC(=O)[C@H](Cc1ccccc1)NC(=O)[C@H](Cc1ccc(O)cc1)NC(=O)[C@H](CC(=O)O)NC(=O)[C@H](CC(C)C)NC(=O)[C@@H](NC(=O)[C@H](CS)NC(=O)[C@H](CC(C)C)NC(=O)[C@@H](N)CCSC)C(C)C)C(=O)O. The molecule has 0 fully saturated rings. The molecule has 0 aromatic heterocycles. The van der Waals surface area contributed by atoms with Crippen LogP contribution in [0.2, 0.25) is 0 Å². The van der Waals surface area contributed by atoms with Crippen LogP contribution in [0.25, 0.3) is 0 Å². The summed E-state index contributed by atoms with van der Waals surface area (Å²) in [5, 5.41) is 50.5. The fraction of sp³-hybridized carbons (Fsp3) is 0.585. The van der Waals surface area contributed by atoms with Crippen molar-refractivity contribution in [1.82, 2.24) is 42.5 Å². The zero-order chi connectivity index (χ0) is 58.1. The average molecular weight is 1120 g/mol. The lowest BCUT2D eigenvalue weighted by molar-refractivity contribution is -0.144. The summed E-state index contributed by atoms with van der Waals surface area (Å²) in [6.45, 7) is 13.8. The first-order valence-electron chi connectivity index (χ1n) is 25.8. The lowest BCUT2D eigenvalue weighted by atomic mass is 9.97. The van der Waals surface area contributed by atoms with Gasteiger partial charge in [-0.05, 0) is 78.2 Å². The van der Waals surface area contributed by atoms with Gasteiger partial charge in [0, 0.05) is 18.6 Å². The van der Waals surface area contributed by atoms with E-state index < -0.39 is 132 Å². The molecule has 22 nitrogen and oxygen atoms in total. The molecule has 13 N–H and O–H groups in total. The van der Waals surface area contributed by atoms with Crippen LogP contribution in [0.3, 0.4) is 0 Å². The number of thioether (sulfide) groups is 1. The first-order chi connectivity index (χ1) is 36.2. The third kappa shape index (κ3) is 23.8. The minimum atomic E-state index is -1.85. The Balaban J connectivity index is 2.44. The summed E-state index contributed by atoms with van der Waals surface area (Å²) in [6.07, 6.45) is 1.48. The van der Waals surface area contributed by atoms with Crippen LogP contribution in [0.4, 0.5) is 0 Å². The van der Waals surface area contributed by atoms with Crippen LogP contribution in [0.5, 0.6) is 5.75 Å². The predicted octanol–water partition coefficient (Wildman–Crippen LogP) is 1.42. The fourth-order valence-electron chi connectivity index (χ4n) is 7.85. The maximum absolute atomic E-state index is 14.4. The van der Waals surface area contributed by atoms with E-state index in [1.807, 2.05) is 20.1 Å². The van der Waals surface area contributed by atoms with Crippen molar-refractivity contribution in [2.75, 3.05) is 17.8 Å². The molecular weight excluding hydrogens is 1030 g/mol. The van der Waals surface area contributed by atoms with Crippen molar-refractivity contribution in [3.05, 3.63) is 65.7 Å². The summed E-state index contributed by atoms with van der Waals surface area (Å²) in [7, 11) is 0. The molecule has 24 heteroatoms. The number of benzene rings is 2. The molecule has 8 amide bonds. The Morgan fingerprint density at radius 2 is 0.961 bits per heavy atom. The van der Waals surface area contributed by atoms with Gasteiger partial charge in [0.05, 0.1) is 12.5 Å². The number of thiol groups is 1. The lowest BCUT2D eigenvalue weighted by Gasteiger charge is -2.29. The monoisotopic (exact) mass is 1120 g/mol. The van der Waals surface area contributed by atoms with Crippen LogP contribution in [-0.4, -0.2) is 147 Å². The van der Waals surface area contributed by atoms with Gasteiger partial charge in [0.25, 0.3) is 0 Å². The number of carbonyl (C=O) groups is 10. The zero-order valence-corrected chi connectivity index (χ0v) is 47.1. The van der Waals surface area contributed by atoms with Crippen LogP contribution in [0, 0.1) is 23.7 Å². The molecular formula is C53H81N9O13S2. The molecule has 0 heterocycles.